The molecular weight excluding hydrogens is 312 g/mol. The van der Waals surface area contributed by atoms with E-state index in [1.54, 1.807) is 10.9 Å². The van der Waals surface area contributed by atoms with Gasteiger partial charge in [-0.05, 0) is 36.1 Å². The van der Waals surface area contributed by atoms with Crippen molar-refractivity contribution in [3.63, 3.8) is 0 Å². The molecule has 0 aliphatic rings. The van der Waals surface area contributed by atoms with Gasteiger partial charge in [0, 0.05) is 11.8 Å². The molecule has 0 N–H and O–H groups in total. The van der Waals surface area contributed by atoms with Crippen molar-refractivity contribution in [2.75, 3.05) is 0 Å². The molecule has 4 heteroatoms. The minimum Gasteiger partial charge on any atom is -0.426 e. The molecule has 1 aromatic heterocycles. The molecule has 0 fully saturated rings. The zero-order valence-electron chi connectivity index (χ0n) is 14.6. The lowest BCUT2D eigenvalue weighted by molar-refractivity contribution is -0.133. The Kier molecular flexibility index (Phi) is 5.29. The number of carbonyl (C=O) groups excluding carboxylic acids is 1. The Labute approximate surface area is 148 Å². The normalized spacial score (nSPS) is 11.9. The van der Waals surface area contributed by atoms with Crippen LogP contribution in [0.25, 0.3) is 5.69 Å². The quantitative estimate of drug-likeness (QED) is 0.491. The number of ether oxygens (including phenoxy) is 1. The molecule has 25 heavy (non-hydrogen) atoms. The van der Waals surface area contributed by atoms with Gasteiger partial charge in [0.1, 0.15) is 5.75 Å². The van der Waals surface area contributed by atoms with Crippen LogP contribution in [0.1, 0.15) is 37.3 Å². The summed E-state index contributed by atoms with van der Waals surface area (Å²) in [6.45, 7) is 4.26. The van der Waals surface area contributed by atoms with Gasteiger partial charge in [0.15, 0.2) is 0 Å². The second kappa shape index (κ2) is 7.79. The van der Waals surface area contributed by atoms with Crippen LogP contribution in [-0.4, -0.2) is 15.7 Å². The SMILES string of the molecule is CCC(C)c1ccccc1OC(=O)Cc1cnn(-c2ccccc2)c1. The van der Waals surface area contributed by atoms with Crippen molar-refractivity contribution < 1.29 is 9.53 Å². The Morgan fingerprint density at radius 2 is 1.84 bits per heavy atom. The maximum atomic E-state index is 12.3. The topological polar surface area (TPSA) is 44.1 Å². The third-order valence-corrected chi connectivity index (χ3v) is 4.29. The summed E-state index contributed by atoms with van der Waals surface area (Å²) in [6.07, 6.45) is 4.76. The third-order valence-electron chi connectivity index (χ3n) is 4.29. The monoisotopic (exact) mass is 334 g/mol. The van der Waals surface area contributed by atoms with Crippen molar-refractivity contribution in [3.8, 4) is 11.4 Å². The van der Waals surface area contributed by atoms with Crippen LogP contribution in [0, 0.1) is 0 Å². The molecule has 0 amide bonds. The number of hydrogen-bond acceptors (Lipinski definition) is 3. The average molecular weight is 334 g/mol. The van der Waals surface area contributed by atoms with Crippen LogP contribution in [-0.2, 0) is 11.2 Å². The Morgan fingerprint density at radius 1 is 1.12 bits per heavy atom. The van der Waals surface area contributed by atoms with E-state index in [1.807, 2.05) is 60.8 Å². The van der Waals surface area contributed by atoms with Crippen molar-refractivity contribution >= 4 is 5.97 Å². The first-order chi connectivity index (χ1) is 12.2. The van der Waals surface area contributed by atoms with Gasteiger partial charge in [-0.3, -0.25) is 4.79 Å². The van der Waals surface area contributed by atoms with Crippen LogP contribution >= 0.6 is 0 Å². The second-order valence-electron chi connectivity index (χ2n) is 6.13. The van der Waals surface area contributed by atoms with E-state index in [4.69, 9.17) is 4.74 Å². The van der Waals surface area contributed by atoms with E-state index < -0.39 is 0 Å². The molecule has 0 saturated heterocycles. The minimum atomic E-state index is -0.275. The van der Waals surface area contributed by atoms with E-state index in [2.05, 4.69) is 18.9 Å². The number of rotatable bonds is 6. The van der Waals surface area contributed by atoms with E-state index in [0.717, 1.165) is 23.2 Å². The number of esters is 1. The summed E-state index contributed by atoms with van der Waals surface area (Å²) in [5, 5.41) is 4.31. The summed E-state index contributed by atoms with van der Waals surface area (Å²) in [5.74, 6) is 0.727. The standard InChI is InChI=1S/C21H22N2O2/c1-3-16(2)19-11-7-8-12-20(19)25-21(24)13-17-14-22-23(15-17)18-9-5-4-6-10-18/h4-12,14-16H,3,13H2,1-2H3. The first-order valence-corrected chi connectivity index (χ1v) is 8.56. The molecule has 128 valence electrons. The maximum Gasteiger partial charge on any atom is 0.315 e. The number of nitrogens with zero attached hydrogens (tertiary/aromatic N) is 2. The number of benzene rings is 2. The predicted molar refractivity (Wildman–Crippen MR) is 98.1 cm³/mol. The minimum absolute atomic E-state index is 0.196. The van der Waals surface area contributed by atoms with Crippen molar-refractivity contribution in [2.24, 2.45) is 0 Å². The van der Waals surface area contributed by atoms with Crippen LogP contribution in [0.3, 0.4) is 0 Å². The zero-order valence-corrected chi connectivity index (χ0v) is 14.6. The summed E-state index contributed by atoms with van der Waals surface area (Å²) in [6, 6.07) is 17.5. The number of aromatic nitrogens is 2. The van der Waals surface area contributed by atoms with Crippen LogP contribution < -0.4 is 4.74 Å². The van der Waals surface area contributed by atoms with E-state index in [0.29, 0.717) is 11.7 Å². The Morgan fingerprint density at radius 3 is 2.60 bits per heavy atom. The molecule has 1 unspecified atom stereocenters. The summed E-state index contributed by atoms with van der Waals surface area (Å²) in [5.41, 5.74) is 2.86. The molecule has 2 aromatic carbocycles. The highest BCUT2D eigenvalue weighted by Gasteiger charge is 2.14. The van der Waals surface area contributed by atoms with Gasteiger partial charge >= 0.3 is 5.97 Å². The smallest absolute Gasteiger partial charge is 0.315 e. The highest BCUT2D eigenvalue weighted by Crippen LogP contribution is 2.28. The molecule has 1 atom stereocenters. The van der Waals surface area contributed by atoms with E-state index >= 15 is 0 Å². The van der Waals surface area contributed by atoms with Crippen LogP contribution in [0.5, 0.6) is 5.75 Å². The lowest BCUT2D eigenvalue weighted by Crippen LogP contribution is -2.12. The average Bonchev–Trinajstić information content (AvgIpc) is 3.10. The van der Waals surface area contributed by atoms with Gasteiger partial charge in [-0.15, -0.1) is 0 Å². The Balaban J connectivity index is 1.69. The Hall–Kier alpha value is -2.88. The highest BCUT2D eigenvalue weighted by atomic mass is 16.5. The van der Waals surface area contributed by atoms with Crippen LogP contribution in [0.4, 0.5) is 0 Å². The molecule has 3 aromatic rings. The molecule has 0 spiro atoms. The van der Waals surface area contributed by atoms with Crippen molar-refractivity contribution in [2.45, 2.75) is 32.6 Å². The van der Waals surface area contributed by atoms with Gasteiger partial charge in [0.2, 0.25) is 0 Å². The lowest BCUT2D eigenvalue weighted by Gasteiger charge is -2.14. The maximum absolute atomic E-state index is 12.3. The van der Waals surface area contributed by atoms with Gasteiger partial charge < -0.3 is 4.74 Å². The first-order valence-electron chi connectivity index (χ1n) is 8.56. The molecule has 0 aliphatic heterocycles. The van der Waals surface area contributed by atoms with Gasteiger partial charge in [-0.1, -0.05) is 50.2 Å². The highest BCUT2D eigenvalue weighted by molar-refractivity contribution is 5.75. The molecule has 4 nitrogen and oxygen atoms in total. The number of para-hydroxylation sites is 2. The van der Waals surface area contributed by atoms with Crippen molar-refractivity contribution in [3.05, 3.63) is 78.1 Å². The second-order valence-corrected chi connectivity index (χ2v) is 6.13. The molecule has 0 saturated carbocycles. The fourth-order valence-corrected chi connectivity index (χ4v) is 2.70. The summed E-state index contributed by atoms with van der Waals surface area (Å²) in [4.78, 5) is 12.3. The van der Waals surface area contributed by atoms with Gasteiger partial charge in [0.05, 0.1) is 18.3 Å². The van der Waals surface area contributed by atoms with Gasteiger partial charge in [0.25, 0.3) is 0 Å². The molecule has 3 rings (SSSR count). The van der Waals surface area contributed by atoms with Crippen molar-refractivity contribution in [1.29, 1.82) is 0 Å². The summed E-state index contributed by atoms with van der Waals surface area (Å²) < 4.78 is 7.37. The number of carbonyl (C=O) groups is 1. The van der Waals surface area contributed by atoms with Crippen LogP contribution in [0.15, 0.2) is 67.0 Å². The first kappa shape index (κ1) is 17.0. The Bertz CT molecular complexity index is 840. The van der Waals surface area contributed by atoms with Gasteiger partial charge in [-0.2, -0.15) is 5.10 Å². The van der Waals surface area contributed by atoms with E-state index in [1.165, 1.54) is 0 Å². The summed E-state index contributed by atoms with van der Waals surface area (Å²) >= 11 is 0. The molecule has 0 aliphatic carbocycles. The van der Waals surface area contributed by atoms with E-state index in [-0.39, 0.29) is 12.4 Å². The summed E-state index contributed by atoms with van der Waals surface area (Å²) in [7, 11) is 0. The molecule has 1 heterocycles. The third kappa shape index (κ3) is 4.15. The fourth-order valence-electron chi connectivity index (χ4n) is 2.70. The zero-order chi connectivity index (χ0) is 17.6. The molecule has 0 radical (unpaired) electrons. The van der Waals surface area contributed by atoms with E-state index in [9.17, 15) is 4.79 Å². The largest absolute Gasteiger partial charge is 0.426 e. The molecular formula is C21H22N2O2. The number of hydrogen-bond donors (Lipinski definition) is 0. The van der Waals surface area contributed by atoms with Gasteiger partial charge in [-0.25, -0.2) is 4.68 Å². The lowest BCUT2D eigenvalue weighted by atomic mass is 9.98. The molecule has 0 bridgehead atoms. The fraction of sp³-hybridized carbons (Fsp3) is 0.238. The van der Waals surface area contributed by atoms with Crippen molar-refractivity contribution in [1.82, 2.24) is 9.78 Å². The van der Waals surface area contributed by atoms with Crippen LogP contribution in [0.2, 0.25) is 0 Å². The predicted octanol–water partition coefficient (Wildman–Crippen LogP) is 4.53.